The number of methoxy groups -OCH3 is 1. The fraction of sp³-hybridized carbons (Fsp3) is 0.346. The first-order valence-corrected chi connectivity index (χ1v) is 11.0. The van der Waals surface area contributed by atoms with Crippen molar-refractivity contribution in [2.75, 3.05) is 30.4 Å². The van der Waals surface area contributed by atoms with Crippen LogP contribution < -0.4 is 15.0 Å². The Bertz CT molecular complexity index is 1160. The molecule has 2 heterocycles. The Kier molecular flexibility index (Phi) is 6.27. The van der Waals surface area contributed by atoms with Crippen molar-refractivity contribution in [3.63, 3.8) is 0 Å². The molecule has 32 heavy (non-hydrogen) atoms. The van der Waals surface area contributed by atoms with Gasteiger partial charge in [0, 0.05) is 36.3 Å². The number of rotatable bonds is 5. The number of carbonyl (C=O) groups excluding carboxylic acids is 1. The number of piperidine rings is 1. The van der Waals surface area contributed by atoms with Crippen molar-refractivity contribution < 1.29 is 9.53 Å². The summed E-state index contributed by atoms with van der Waals surface area (Å²) in [5, 5.41) is 13.6. The van der Waals surface area contributed by atoms with Gasteiger partial charge in [-0.1, -0.05) is 26.0 Å². The fourth-order valence-electron chi connectivity index (χ4n) is 4.27. The van der Waals surface area contributed by atoms with Gasteiger partial charge in [-0.15, -0.1) is 0 Å². The van der Waals surface area contributed by atoms with E-state index in [0.29, 0.717) is 24.6 Å². The van der Waals surface area contributed by atoms with Gasteiger partial charge in [0.25, 0.3) is 0 Å². The van der Waals surface area contributed by atoms with Crippen molar-refractivity contribution >= 4 is 28.2 Å². The molecule has 2 aromatic carbocycles. The second-order valence-corrected chi connectivity index (χ2v) is 8.54. The lowest BCUT2D eigenvalue weighted by molar-refractivity contribution is -0.120. The zero-order valence-corrected chi connectivity index (χ0v) is 18.8. The van der Waals surface area contributed by atoms with E-state index < -0.39 is 0 Å². The van der Waals surface area contributed by atoms with E-state index in [1.807, 2.05) is 30.3 Å². The zero-order chi connectivity index (χ0) is 22.7. The number of amides is 1. The van der Waals surface area contributed by atoms with E-state index in [1.54, 1.807) is 13.3 Å². The molecule has 1 aliphatic rings. The number of nitrogens with zero attached hydrogens (tertiary/aromatic N) is 3. The molecule has 0 bridgehead atoms. The number of pyridine rings is 1. The molecule has 0 saturated carbocycles. The summed E-state index contributed by atoms with van der Waals surface area (Å²) in [7, 11) is 1.63. The first-order chi connectivity index (χ1) is 15.5. The van der Waals surface area contributed by atoms with Crippen LogP contribution in [0.15, 0.2) is 48.7 Å². The molecule has 0 aliphatic carbocycles. The summed E-state index contributed by atoms with van der Waals surface area (Å²) in [4.78, 5) is 19.5. The highest BCUT2D eigenvalue weighted by atomic mass is 16.5. The number of nitriles is 1. The topological polar surface area (TPSA) is 78.2 Å². The molecular weight excluding hydrogens is 400 g/mol. The van der Waals surface area contributed by atoms with Crippen LogP contribution >= 0.6 is 0 Å². The summed E-state index contributed by atoms with van der Waals surface area (Å²) < 4.78 is 5.38. The van der Waals surface area contributed by atoms with Crippen molar-refractivity contribution in [1.29, 1.82) is 5.26 Å². The summed E-state index contributed by atoms with van der Waals surface area (Å²) in [6.07, 6.45) is 3.09. The van der Waals surface area contributed by atoms with Crippen LogP contribution in [-0.4, -0.2) is 31.1 Å². The van der Waals surface area contributed by atoms with Gasteiger partial charge in [0.05, 0.1) is 23.9 Å². The van der Waals surface area contributed by atoms with Crippen LogP contribution in [0.2, 0.25) is 0 Å². The molecule has 1 aromatic heterocycles. The number of anilines is 2. The number of hydrogen-bond acceptors (Lipinski definition) is 5. The standard InChI is InChI=1S/C26H28N4O2/c1-17(2)18-4-6-21(7-5-18)29-26(31)19-10-12-30(13-11-19)25-20(15-27)16-28-24-9-8-22(32-3)14-23(24)25/h4-9,14,16-17,19H,10-13H2,1-3H3,(H,29,31). The van der Waals surface area contributed by atoms with Crippen LogP contribution in [0, 0.1) is 17.2 Å². The monoisotopic (exact) mass is 428 g/mol. The highest BCUT2D eigenvalue weighted by molar-refractivity contribution is 5.96. The lowest BCUT2D eigenvalue weighted by Gasteiger charge is -2.34. The van der Waals surface area contributed by atoms with Gasteiger partial charge in [-0.2, -0.15) is 5.26 Å². The molecule has 0 atom stereocenters. The van der Waals surface area contributed by atoms with Gasteiger partial charge in [0.2, 0.25) is 5.91 Å². The smallest absolute Gasteiger partial charge is 0.227 e. The minimum absolute atomic E-state index is 0.0517. The van der Waals surface area contributed by atoms with E-state index in [0.717, 1.165) is 40.9 Å². The van der Waals surface area contributed by atoms with Gasteiger partial charge in [0.15, 0.2) is 0 Å². The zero-order valence-electron chi connectivity index (χ0n) is 18.8. The molecule has 4 rings (SSSR count). The van der Waals surface area contributed by atoms with E-state index in [1.165, 1.54) is 5.56 Å². The third-order valence-electron chi connectivity index (χ3n) is 6.19. The number of ether oxygens (including phenoxy) is 1. The summed E-state index contributed by atoms with van der Waals surface area (Å²) in [6.45, 7) is 5.72. The van der Waals surface area contributed by atoms with Crippen LogP contribution in [0.3, 0.4) is 0 Å². The number of carbonyl (C=O) groups is 1. The molecule has 1 N–H and O–H groups in total. The molecule has 1 saturated heterocycles. The maximum atomic E-state index is 12.8. The third-order valence-corrected chi connectivity index (χ3v) is 6.19. The van der Waals surface area contributed by atoms with Crippen molar-refractivity contribution in [2.45, 2.75) is 32.6 Å². The van der Waals surface area contributed by atoms with Gasteiger partial charge < -0.3 is 15.0 Å². The van der Waals surface area contributed by atoms with Gasteiger partial charge in [-0.25, -0.2) is 0 Å². The summed E-state index contributed by atoms with van der Waals surface area (Å²) in [6, 6.07) is 16.1. The average molecular weight is 429 g/mol. The lowest BCUT2D eigenvalue weighted by atomic mass is 9.94. The Hall–Kier alpha value is -3.59. The molecule has 0 unspecified atom stereocenters. The predicted molar refractivity (Wildman–Crippen MR) is 127 cm³/mol. The van der Waals surface area contributed by atoms with Crippen molar-refractivity contribution in [1.82, 2.24) is 4.98 Å². The van der Waals surface area contributed by atoms with Gasteiger partial charge in [0.1, 0.15) is 11.8 Å². The highest BCUT2D eigenvalue weighted by Gasteiger charge is 2.27. The summed E-state index contributed by atoms with van der Waals surface area (Å²) in [5.41, 5.74) is 4.33. The molecule has 1 fully saturated rings. The number of fused-ring (bicyclic) bond motifs is 1. The molecule has 1 amide bonds. The minimum Gasteiger partial charge on any atom is -0.497 e. The Morgan fingerprint density at radius 3 is 2.53 bits per heavy atom. The normalized spacial score (nSPS) is 14.4. The third kappa shape index (κ3) is 4.38. The molecular formula is C26H28N4O2. The van der Waals surface area contributed by atoms with Crippen LogP contribution in [0.4, 0.5) is 11.4 Å². The average Bonchev–Trinajstić information content (AvgIpc) is 2.83. The first-order valence-electron chi connectivity index (χ1n) is 11.0. The number of hydrogen-bond donors (Lipinski definition) is 1. The maximum Gasteiger partial charge on any atom is 0.227 e. The number of benzene rings is 2. The quantitative estimate of drug-likeness (QED) is 0.612. The van der Waals surface area contributed by atoms with Gasteiger partial charge in [-0.05, 0) is 54.7 Å². The van der Waals surface area contributed by atoms with E-state index >= 15 is 0 Å². The minimum atomic E-state index is -0.0517. The van der Waals surface area contributed by atoms with Crippen LogP contribution in [0.5, 0.6) is 5.75 Å². The fourth-order valence-corrected chi connectivity index (χ4v) is 4.27. The molecule has 0 radical (unpaired) electrons. The maximum absolute atomic E-state index is 12.8. The molecule has 164 valence electrons. The molecule has 0 spiro atoms. The van der Waals surface area contributed by atoms with Crippen molar-refractivity contribution in [3.8, 4) is 11.8 Å². The van der Waals surface area contributed by atoms with Crippen LogP contribution in [0.25, 0.3) is 10.9 Å². The predicted octanol–water partition coefficient (Wildman–Crippen LogP) is 5.09. The summed E-state index contributed by atoms with van der Waals surface area (Å²) in [5.74, 6) is 1.20. The highest BCUT2D eigenvalue weighted by Crippen LogP contribution is 2.34. The Morgan fingerprint density at radius 2 is 1.91 bits per heavy atom. The van der Waals surface area contributed by atoms with Crippen molar-refractivity contribution in [2.24, 2.45) is 5.92 Å². The second-order valence-electron chi connectivity index (χ2n) is 8.54. The number of nitrogens with one attached hydrogen (secondary N) is 1. The van der Waals surface area contributed by atoms with Crippen LogP contribution in [-0.2, 0) is 4.79 Å². The van der Waals surface area contributed by atoms with Gasteiger partial charge >= 0.3 is 0 Å². The molecule has 1 aliphatic heterocycles. The van der Waals surface area contributed by atoms with Crippen LogP contribution in [0.1, 0.15) is 43.7 Å². The Morgan fingerprint density at radius 1 is 1.19 bits per heavy atom. The molecule has 3 aromatic rings. The van der Waals surface area contributed by atoms with E-state index in [4.69, 9.17) is 4.74 Å². The lowest BCUT2D eigenvalue weighted by Crippen LogP contribution is -2.38. The second kappa shape index (κ2) is 9.27. The van der Waals surface area contributed by atoms with Gasteiger partial charge in [-0.3, -0.25) is 9.78 Å². The Labute approximate surface area is 188 Å². The van der Waals surface area contributed by atoms with E-state index in [9.17, 15) is 10.1 Å². The molecule has 6 heteroatoms. The molecule has 6 nitrogen and oxygen atoms in total. The first kappa shape index (κ1) is 21.6. The van der Waals surface area contributed by atoms with E-state index in [-0.39, 0.29) is 11.8 Å². The SMILES string of the molecule is COc1ccc2ncc(C#N)c(N3CCC(C(=O)Nc4ccc(C(C)C)cc4)CC3)c2c1. The summed E-state index contributed by atoms with van der Waals surface area (Å²) >= 11 is 0. The Balaban J connectivity index is 1.48. The largest absolute Gasteiger partial charge is 0.497 e. The van der Waals surface area contributed by atoms with E-state index in [2.05, 4.69) is 47.3 Å². The van der Waals surface area contributed by atoms with Crippen molar-refractivity contribution in [3.05, 3.63) is 59.8 Å². The number of aromatic nitrogens is 1.